The van der Waals surface area contributed by atoms with Gasteiger partial charge in [0.2, 0.25) is 0 Å². The van der Waals surface area contributed by atoms with Crippen molar-refractivity contribution in [3.05, 3.63) is 88.6 Å². The molecule has 1 unspecified atom stereocenters. The number of rotatable bonds is 6. The van der Waals surface area contributed by atoms with Crippen LogP contribution in [0.4, 0.5) is 0 Å². The van der Waals surface area contributed by atoms with E-state index in [1.54, 1.807) is 18.4 Å². The molecule has 0 bridgehead atoms. The van der Waals surface area contributed by atoms with E-state index in [1.807, 2.05) is 48.8 Å². The number of fused-ring (bicyclic) bond motifs is 1. The maximum absolute atomic E-state index is 6.25. The van der Waals surface area contributed by atoms with Crippen LogP contribution >= 0.6 is 23.2 Å². The summed E-state index contributed by atoms with van der Waals surface area (Å²) in [7, 11) is 0. The van der Waals surface area contributed by atoms with Crippen LogP contribution in [0.1, 0.15) is 17.4 Å². The van der Waals surface area contributed by atoms with E-state index in [9.17, 15) is 0 Å². The third kappa shape index (κ3) is 3.63. The fraction of sp³-hybridized carbons (Fsp3) is 0.150. The lowest BCUT2D eigenvalue weighted by Gasteiger charge is -2.17. The Morgan fingerprint density at radius 3 is 2.81 bits per heavy atom. The zero-order valence-electron chi connectivity index (χ0n) is 13.8. The number of halogens is 2. The van der Waals surface area contributed by atoms with Gasteiger partial charge < -0.3 is 13.7 Å². The van der Waals surface area contributed by atoms with Crippen molar-refractivity contribution in [3.63, 3.8) is 0 Å². The topological polar surface area (TPSA) is 40.2 Å². The van der Waals surface area contributed by atoms with E-state index >= 15 is 0 Å². The van der Waals surface area contributed by atoms with Crippen LogP contribution in [-0.4, -0.2) is 9.55 Å². The average Bonchev–Trinajstić information content (AvgIpc) is 3.31. The molecule has 0 amide bonds. The van der Waals surface area contributed by atoms with Gasteiger partial charge >= 0.3 is 0 Å². The minimum atomic E-state index is -0.280. The summed E-state index contributed by atoms with van der Waals surface area (Å²) in [4.78, 5) is 4.44. The van der Waals surface area contributed by atoms with Gasteiger partial charge in [0.05, 0.1) is 36.8 Å². The van der Waals surface area contributed by atoms with E-state index in [1.165, 1.54) is 0 Å². The van der Waals surface area contributed by atoms with E-state index in [-0.39, 0.29) is 6.10 Å². The van der Waals surface area contributed by atoms with Gasteiger partial charge in [-0.05, 0) is 48.0 Å². The van der Waals surface area contributed by atoms with Gasteiger partial charge in [-0.25, -0.2) is 4.98 Å². The molecule has 26 heavy (non-hydrogen) atoms. The molecular formula is C20H16Cl2N2O2. The van der Waals surface area contributed by atoms with Crippen LogP contribution in [-0.2, 0) is 17.9 Å². The maximum atomic E-state index is 6.25. The average molecular weight is 387 g/mol. The molecule has 4 aromatic rings. The first-order valence-electron chi connectivity index (χ1n) is 8.19. The summed E-state index contributed by atoms with van der Waals surface area (Å²) in [5, 5.41) is 1.25. The lowest BCUT2D eigenvalue weighted by Crippen LogP contribution is -2.12. The summed E-state index contributed by atoms with van der Waals surface area (Å²) < 4.78 is 13.8. The van der Waals surface area contributed by atoms with Crippen molar-refractivity contribution in [2.45, 2.75) is 19.3 Å². The van der Waals surface area contributed by atoms with Crippen LogP contribution in [0.15, 0.2) is 71.6 Å². The van der Waals surface area contributed by atoms with E-state index in [4.69, 9.17) is 32.4 Å². The quantitative estimate of drug-likeness (QED) is 0.414. The van der Waals surface area contributed by atoms with Crippen molar-refractivity contribution in [2.24, 2.45) is 0 Å². The number of ether oxygens (including phenoxy) is 1. The molecular weight excluding hydrogens is 371 g/mol. The van der Waals surface area contributed by atoms with Gasteiger partial charge in [-0.15, -0.1) is 0 Å². The lowest BCUT2D eigenvalue weighted by atomic mass is 10.2. The Balaban J connectivity index is 1.58. The highest BCUT2D eigenvalue weighted by Crippen LogP contribution is 2.27. The molecule has 6 heteroatoms. The number of imidazole rings is 1. The Bertz CT molecular complexity index is 1010. The van der Waals surface area contributed by atoms with Gasteiger partial charge in [0.1, 0.15) is 11.9 Å². The van der Waals surface area contributed by atoms with E-state index in [2.05, 4.69) is 9.55 Å². The van der Waals surface area contributed by atoms with Gasteiger partial charge in [-0.1, -0.05) is 35.3 Å². The Morgan fingerprint density at radius 1 is 1.08 bits per heavy atom. The summed E-state index contributed by atoms with van der Waals surface area (Å²) >= 11 is 12.3. The highest BCUT2D eigenvalue weighted by atomic mass is 35.5. The Hall–Kier alpha value is -2.27. The Morgan fingerprint density at radius 2 is 1.96 bits per heavy atom. The normalized spacial score (nSPS) is 12.5. The second kappa shape index (κ2) is 7.54. The van der Waals surface area contributed by atoms with Gasteiger partial charge in [-0.3, -0.25) is 0 Å². The van der Waals surface area contributed by atoms with Crippen LogP contribution in [0, 0.1) is 0 Å². The molecule has 0 N–H and O–H groups in total. The zero-order valence-corrected chi connectivity index (χ0v) is 15.3. The zero-order chi connectivity index (χ0) is 17.9. The first-order valence-corrected chi connectivity index (χ1v) is 8.95. The first-order chi connectivity index (χ1) is 12.7. The van der Waals surface area contributed by atoms with Crippen LogP contribution in [0.5, 0.6) is 0 Å². The molecule has 0 spiro atoms. The third-order valence-electron chi connectivity index (χ3n) is 4.20. The smallest absolute Gasteiger partial charge is 0.134 e. The molecule has 2 aromatic heterocycles. The second-order valence-electron chi connectivity index (χ2n) is 5.94. The highest BCUT2D eigenvalue weighted by Gasteiger charge is 2.18. The predicted octanol–water partition coefficient (Wildman–Crippen LogP) is 5.89. The van der Waals surface area contributed by atoms with E-state index in [0.717, 1.165) is 22.4 Å². The van der Waals surface area contributed by atoms with Gasteiger partial charge in [0, 0.05) is 10.0 Å². The van der Waals surface area contributed by atoms with Gasteiger partial charge in [0.25, 0.3) is 0 Å². The van der Waals surface area contributed by atoms with Crippen molar-refractivity contribution in [1.29, 1.82) is 0 Å². The van der Waals surface area contributed by atoms with Crippen LogP contribution in [0.3, 0.4) is 0 Å². The SMILES string of the molecule is Clc1ccc(Cl)c(COC(Cn2cnc3ccccc32)c2ccco2)c1. The molecule has 0 aliphatic heterocycles. The number of aromatic nitrogens is 2. The number of nitrogens with zero attached hydrogens (tertiary/aromatic N) is 2. The molecule has 0 fully saturated rings. The molecule has 4 nitrogen and oxygen atoms in total. The number of para-hydroxylation sites is 2. The molecule has 0 radical (unpaired) electrons. The van der Waals surface area contributed by atoms with Crippen LogP contribution < -0.4 is 0 Å². The van der Waals surface area contributed by atoms with E-state index in [0.29, 0.717) is 23.2 Å². The van der Waals surface area contributed by atoms with Crippen molar-refractivity contribution in [2.75, 3.05) is 0 Å². The number of hydrogen-bond acceptors (Lipinski definition) is 3. The molecule has 0 aliphatic rings. The maximum Gasteiger partial charge on any atom is 0.134 e. The molecule has 2 aromatic carbocycles. The predicted molar refractivity (Wildman–Crippen MR) is 102 cm³/mol. The lowest BCUT2D eigenvalue weighted by molar-refractivity contribution is 0.0147. The molecule has 0 saturated carbocycles. The molecule has 1 atom stereocenters. The van der Waals surface area contributed by atoms with Crippen molar-refractivity contribution < 1.29 is 9.15 Å². The molecule has 2 heterocycles. The molecule has 132 valence electrons. The summed E-state index contributed by atoms with van der Waals surface area (Å²) in [6, 6.07) is 17.1. The van der Waals surface area contributed by atoms with Gasteiger partial charge in [0.15, 0.2) is 0 Å². The van der Waals surface area contributed by atoms with E-state index < -0.39 is 0 Å². The largest absolute Gasteiger partial charge is 0.467 e. The third-order valence-corrected chi connectivity index (χ3v) is 4.80. The summed E-state index contributed by atoms with van der Waals surface area (Å²) in [6.07, 6.45) is 3.18. The second-order valence-corrected chi connectivity index (χ2v) is 6.78. The fourth-order valence-corrected chi connectivity index (χ4v) is 3.24. The highest BCUT2D eigenvalue weighted by molar-refractivity contribution is 6.33. The first kappa shape index (κ1) is 17.2. The fourth-order valence-electron chi connectivity index (χ4n) is 2.88. The molecule has 4 rings (SSSR count). The Labute approximate surface area is 160 Å². The Kier molecular flexibility index (Phi) is 4.98. The standard InChI is InChI=1S/C20H16Cl2N2O2/c21-15-7-8-16(22)14(10-15)12-26-20(19-6-3-9-25-19)11-24-13-23-17-4-1-2-5-18(17)24/h1-10,13,20H,11-12H2. The summed E-state index contributed by atoms with van der Waals surface area (Å²) in [5.74, 6) is 0.751. The van der Waals surface area contributed by atoms with Crippen molar-refractivity contribution >= 4 is 34.2 Å². The molecule has 0 saturated heterocycles. The van der Waals surface area contributed by atoms with Gasteiger partial charge in [-0.2, -0.15) is 0 Å². The summed E-state index contributed by atoms with van der Waals surface area (Å²) in [5.41, 5.74) is 2.84. The minimum Gasteiger partial charge on any atom is -0.467 e. The number of benzene rings is 2. The monoisotopic (exact) mass is 386 g/mol. The number of furan rings is 1. The van der Waals surface area contributed by atoms with Crippen molar-refractivity contribution in [3.8, 4) is 0 Å². The van der Waals surface area contributed by atoms with Crippen LogP contribution in [0.2, 0.25) is 10.0 Å². The number of hydrogen-bond donors (Lipinski definition) is 0. The minimum absolute atomic E-state index is 0.280. The molecule has 0 aliphatic carbocycles. The van der Waals surface area contributed by atoms with Crippen LogP contribution in [0.25, 0.3) is 11.0 Å². The summed E-state index contributed by atoms with van der Waals surface area (Å²) in [6.45, 7) is 0.906. The van der Waals surface area contributed by atoms with Crippen molar-refractivity contribution in [1.82, 2.24) is 9.55 Å².